The number of methoxy groups -OCH3 is 1. The van der Waals surface area contributed by atoms with Crippen molar-refractivity contribution in [3.05, 3.63) is 59.4 Å². The first-order valence-electron chi connectivity index (χ1n) is 8.08. The van der Waals surface area contributed by atoms with E-state index < -0.39 is 5.91 Å². The molecule has 2 amide bonds. The molecule has 0 aliphatic heterocycles. The van der Waals surface area contributed by atoms with Crippen molar-refractivity contribution in [2.24, 2.45) is 0 Å². The standard InChI is InChI=1S/C19H17ClN4O3/c1-24(11-18(25)23-15-9-12(20)7-8-17(15)27-2)19(26)16-10-21-13-5-3-4-6-14(13)22-16/h3-10H,11H2,1-2H3,(H,23,25). The van der Waals surface area contributed by atoms with Crippen LogP contribution in [0.1, 0.15) is 10.5 Å². The van der Waals surface area contributed by atoms with Gasteiger partial charge in [-0.15, -0.1) is 0 Å². The van der Waals surface area contributed by atoms with Crippen LogP contribution in [0, 0.1) is 0 Å². The second-order valence-electron chi connectivity index (χ2n) is 5.80. The number of likely N-dealkylation sites (N-methyl/N-ethyl adjacent to an activating group) is 1. The maximum absolute atomic E-state index is 12.6. The van der Waals surface area contributed by atoms with Crippen LogP contribution in [0.15, 0.2) is 48.7 Å². The third-order valence-corrected chi connectivity index (χ3v) is 4.07. The fourth-order valence-electron chi connectivity index (χ4n) is 2.51. The molecule has 0 saturated carbocycles. The molecule has 138 valence electrons. The number of rotatable bonds is 5. The Kier molecular flexibility index (Phi) is 5.52. The molecule has 27 heavy (non-hydrogen) atoms. The number of fused-ring (bicyclic) bond motifs is 1. The molecular weight excluding hydrogens is 368 g/mol. The predicted octanol–water partition coefficient (Wildman–Crippen LogP) is 3.00. The Morgan fingerprint density at radius 1 is 1.19 bits per heavy atom. The number of amides is 2. The monoisotopic (exact) mass is 384 g/mol. The normalized spacial score (nSPS) is 10.5. The van der Waals surface area contributed by atoms with E-state index in [0.717, 1.165) is 0 Å². The van der Waals surface area contributed by atoms with E-state index in [2.05, 4.69) is 15.3 Å². The average molecular weight is 385 g/mol. The van der Waals surface area contributed by atoms with E-state index in [1.165, 1.54) is 25.3 Å². The van der Waals surface area contributed by atoms with Crippen molar-refractivity contribution in [3.63, 3.8) is 0 Å². The number of carbonyl (C=O) groups is 2. The van der Waals surface area contributed by atoms with Gasteiger partial charge in [0.05, 0.1) is 36.6 Å². The zero-order valence-electron chi connectivity index (χ0n) is 14.8. The van der Waals surface area contributed by atoms with E-state index in [1.807, 2.05) is 18.2 Å². The molecule has 0 radical (unpaired) electrons. The summed E-state index contributed by atoms with van der Waals surface area (Å²) in [4.78, 5) is 34.7. The van der Waals surface area contributed by atoms with Crippen molar-refractivity contribution in [2.45, 2.75) is 0 Å². The Morgan fingerprint density at radius 3 is 2.67 bits per heavy atom. The van der Waals surface area contributed by atoms with Gasteiger partial charge < -0.3 is 15.0 Å². The molecule has 0 fully saturated rings. The molecule has 0 aliphatic carbocycles. The number of aromatic nitrogens is 2. The van der Waals surface area contributed by atoms with E-state index in [4.69, 9.17) is 16.3 Å². The topological polar surface area (TPSA) is 84.4 Å². The van der Waals surface area contributed by atoms with Gasteiger partial charge in [0.15, 0.2) is 0 Å². The van der Waals surface area contributed by atoms with Crippen molar-refractivity contribution in [1.29, 1.82) is 0 Å². The summed E-state index contributed by atoms with van der Waals surface area (Å²) in [5.74, 6) is -0.316. The number of anilines is 1. The van der Waals surface area contributed by atoms with E-state index >= 15 is 0 Å². The van der Waals surface area contributed by atoms with Crippen molar-refractivity contribution in [3.8, 4) is 5.75 Å². The number of halogens is 1. The fraction of sp³-hybridized carbons (Fsp3) is 0.158. The Labute approximate surface area is 160 Å². The average Bonchev–Trinajstić information content (AvgIpc) is 2.67. The number of ether oxygens (including phenoxy) is 1. The van der Waals surface area contributed by atoms with Gasteiger partial charge >= 0.3 is 0 Å². The summed E-state index contributed by atoms with van der Waals surface area (Å²) < 4.78 is 5.19. The number of carbonyl (C=O) groups excluding carboxylic acids is 2. The van der Waals surface area contributed by atoms with Gasteiger partial charge in [0.2, 0.25) is 5.91 Å². The summed E-state index contributed by atoms with van der Waals surface area (Å²) in [5, 5.41) is 3.15. The molecule has 3 rings (SSSR count). The predicted molar refractivity (Wildman–Crippen MR) is 103 cm³/mol. The fourth-order valence-corrected chi connectivity index (χ4v) is 2.68. The lowest BCUT2D eigenvalue weighted by Crippen LogP contribution is -2.35. The molecule has 1 aromatic heterocycles. The molecule has 0 bridgehead atoms. The maximum atomic E-state index is 12.6. The van der Waals surface area contributed by atoms with Crippen LogP contribution in [-0.2, 0) is 4.79 Å². The lowest BCUT2D eigenvalue weighted by molar-refractivity contribution is -0.116. The van der Waals surface area contributed by atoms with Crippen LogP contribution >= 0.6 is 11.6 Å². The zero-order chi connectivity index (χ0) is 19.4. The molecule has 0 unspecified atom stereocenters. The highest BCUT2D eigenvalue weighted by Crippen LogP contribution is 2.27. The van der Waals surface area contributed by atoms with Crippen LogP contribution in [-0.4, -0.2) is 47.4 Å². The van der Waals surface area contributed by atoms with Gasteiger partial charge in [-0.2, -0.15) is 0 Å². The third-order valence-electron chi connectivity index (χ3n) is 3.83. The van der Waals surface area contributed by atoms with Crippen LogP contribution in [0.4, 0.5) is 5.69 Å². The van der Waals surface area contributed by atoms with Gasteiger partial charge in [-0.1, -0.05) is 23.7 Å². The highest BCUT2D eigenvalue weighted by atomic mass is 35.5. The van der Waals surface area contributed by atoms with E-state index in [0.29, 0.717) is 27.5 Å². The van der Waals surface area contributed by atoms with Crippen LogP contribution in [0.5, 0.6) is 5.75 Å². The minimum Gasteiger partial charge on any atom is -0.495 e. The van der Waals surface area contributed by atoms with Gasteiger partial charge in [-0.25, -0.2) is 4.98 Å². The molecule has 0 aliphatic rings. The third kappa shape index (κ3) is 4.32. The summed E-state index contributed by atoms with van der Waals surface area (Å²) in [6.45, 7) is -0.164. The Hall–Kier alpha value is -3.19. The number of nitrogens with zero attached hydrogens (tertiary/aromatic N) is 3. The second-order valence-corrected chi connectivity index (χ2v) is 6.23. The zero-order valence-corrected chi connectivity index (χ0v) is 15.5. The molecule has 8 heteroatoms. The first-order valence-corrected chi connectivity index (χ1v) is 8.46. The van der Waals surface area contributed by atoms with Gasteiger partial charge in [0, 0.05) is 12.1 Å². The summed E-state index contributed by atoms with van der Waals surface area (Å²) in [6.07, 6.45) is 1.40. The molecule has 0 saturated heterocycles. The Morgan fingerprint density at radius 2 is 1.93 bits per heavy atom. The first kappa shape index (κ1) is 18.6. The highest BCUT2D eigenvalue weighted by molar-refractivity contribution is 6.31. The van der Waals surface area contributed by atoms with Crippen molar-refractivity contribution in [1.82, 2.24) is 14.9 Å². The summed E-state index contributed by atoms with van der Waals surface area (Å²) in [5.41, 5.74) is 1.91. The lowest BCUT2D eigenvalue weighted by atomic mass is 10.2. The Bertz CT molecular complexity index is 1010. The quantitative estimate of drug-likeness (QED) is 0.731. The molecule has 1 N–H and O–H groups in total. The first-order chi connectivity index (χ1) is 13.0. The number of benzene rings is 2. The number of hydrogen-bond acceptors (Lipinski definition) is 5. The van der Waals surface area contributed by atoms with E-state index in [1.54, 1.807) is 24.3 Å². The van der Waals surface area contributed by atoms with E-state index in [9.17, 15) is 9.59 Å². The number of hydrogen-bond donors (Lipinski definition) is 1. The number of para-hydroxylation sites is 2. The SMILES string of the molecule is COc1ccc(Cl)cc1NC(=O)CN(C)C(=O)c1cnc2ccccc2n1. The summed E-state index contributed by atoms with van der Waals surface area (Å²) in [7, 11) is 3.01. The van der Waals surface area contributed by atoms with Gasteiger partial charge in [0.25, 0.3) is 5.91 Å². The molecule has 0 atom stereocenters. The largest absolute Gasteiger partial charge is 0.495 e. The second kappa shape index (κ2) is 8.01. The van der Waals surface area contributed by atoms with E-state index in [-0.39, 0.29) is 18.1 Å². The maximum Gasteiger partial charge on any atom is 0.274 e. The Balaban J connectivity index is 1.70. The lowest BCUT2D eigenvalue weighted by Gasteiger charge is -2.17. The summed E-state index contributed by atoms with van der Waals surface area (Å²) >= 11 is 5.95. The van der Waals surface area contributed by atoms with Crippen molar-refractivity contribution < 1.29 is 14.3 Å². The van der Waals surface area contributed by atoms with Gasteiger partial charge in [-0.05, 0) is 30.3 Å². The van der Waals surface area contributed by atoms with Crippen LogP contribution < -0.4 is 10.1 Å². The summed E-state index contributed by atoms with van der Waals surface area (Å²) in [6, 6.07) is 12.1. The molecule has 3 aromatic rings. The minimum absolute atomic E-state index is 0.164. The molecule has 7 nitrogen and oxygen atoms in total. The van der Waals surface area contributed by atoms with Crippen LogP contribution in [0.3, 0.4) is 0 Å². The van der Waals surface area contributed by atoms with Crippen molar-refractivity contribution in [2.75, 3.05) is 26.0 Å². The van der Waals surface area contributed by atoms with Crippen molar-refractivity contribution >= 4 is 40.1 Å². The molecular formula is C19H17ClN4O3. The van der Waals surface area contributed by atoms with Crippen LogP contribution in [0.25, 0.3) is 11.0 Å². The van der Waals surface area contributed by atoms with Gasteiger partial charge in [0.1, 0.15) is 11.4 Å². The smallest absolute Gasteiger partial charge is 0.274 e. The molecule has 2 aromatic carbocycles. The van der Waals surface area contributed by atoms with Crippen LogP contribution in [0.2, 0.25) is 5.02 Å². The molecule has 0 spiro atoms. The highest BCUT2D eigenvalue weighted by Gasteiger charge is 2.18. The number of nitrogens with one attached hydrogen (secondary N) is 1. The van der Waals surface area contributed by atoms with Gasteiger partial charge in [-0.3, -0.25) is 14.6 Å². The minimum atomic E-state index is -0.401. The molecule has 1 heterocycles.